The molecule has 0 saturated heterocycles. The normalized spacial score (nSPS) is 20.6. The van der Waals surface area contributed by atoms with Crippen molar-refractivity contribution < 1.29 is 14.3 Å². The minimum atomic E-state index is -0.341. The lowest BCUT2D eigenvalue weighted by Gasteiger charge is -2.32. The Morgan fingerprint density at radius 2 is 2.03 bits per heavy atom. The zero-order chi connectivity index (χ0) is 23.5. The van der Waals surface area contributed by atoms with E-state index in [0.717, 1.165) is 68.3 Å². The van der Waals surface area contributed by atoms with Crippen LogP contribution in [-0.2, 0) is 17.7 Å². The Labute approximate surface area is 203 Å². The number of hydrogen-bond donors (Lipinski definition) is 1. The second-order valence-electron chi connectivity index (χ2n) is 9.26. The number of nitrogens with zero attached hydrogens (tertiary/aromatic N) is 3. The Morgan fingerprint density at radius 3 is 2.85 bits per heavy atom. The van der Waals surface area contributed by atoms with Crippen LogP contribution in [0.15, 0.2) is 36.5 Å². The molecule has 1 aliphatic heterocycles. The number of nitrogens with one attached hydrogen (secondary N) is 1. The number of thiazole rings is 1. The molecule has 0 unspecified atom stereocenters. The molecule has 1 fully saturated rings. The van der Waals surface area contributed by atoms with E-state index in [4.69, 9.17) is 4.74 Å². The van der Waals surface area contributed by atoms with Gasteiger partial charge in [-0.1, -0.05) is 12.1 Å². The molecule has 1 amide bonds. The van der Waals surface area contributed by atoms with Crippen molar-refractivity contribution in [3.63, 3.8) is 0 Å². The first-order chi connectivity index (χ1) is 16.6. The van der Waals surface area contributed by atoms with E-state index >= 15 is 0 Å². The molecule has 1 aliphatic carbocycles. The molecule has 0 bridgehead atoms. The van der Waals surface area contributed by atoms with Gasteiger partial charge in [0.05, 0.1) is 18.3 Å². The molecule has 2 aromatic heterocycles. The first-order valence-corrected chi connectivity index (χ1v) is 12.9. The van der Waals surface area contributed by atoms with Crippen LogP contribution in [0.5, 0.6) is 0 Å². The van der Waals surface area contributed by atoms with Crippen LogP contribution in [0.4, 0.5) is 0 Å². The SMILES string of the molecule is COC(=O)c1nc2c(s1)CCN(CCC1CCC(NC(=O)c3cccc4ncccc34)CC1)C2. The minimum absolute atomic E-state index is 0.000702. The maximum atomic E-state index is 12.9. The molecule has 0 spiro atoms. The zero-order valence-electron chi connectivity index (χ0n) is 19.5. The second-order valence-corrected chi connectivity index (χ2v) is 10.3. The Hall–Kier alpha value is -2.84. The molecule has 7 nitrogen and oxygen atoms in total. The van der Waals surface area contributed by atoms with Gasteiger partial charge in [0.25, 0.3) is 5.91 Å². The van der Waals surface area contributed by atoms with E-state index < -0.39 is 0 Å². The number of amides is 1. The van der Waals surface area contributed by atoms with E-state index in [1.807, 2.05) is 30.3 Å². The quantitative estimate of drug-likeness (QED) is 0.534. The number of hydrogen-bond acceptors (Lipinski definition) is 7. The van der Waals surface area contributed by atoms with Crippen LogP contribution < -0.4 is 5.32 Å². The zero-order valence-corrected chi connectivity index (χ0v) is 20.3. The lowest BCUT2D eigenvalue weighted by Crippen LogP contribution is -2.38. The van der Waals surface area contributed by atoms with Gasteiger partial charge < -0.3 is 10.1 Å². The summed E-state index contributed by atoms with van der Waals surface area (Å²) < 4.78 is 4.81. The topological polar surface area (TPSA) is 84.4 Å². The molecule has 34 heavy (non-hydrogen) atoms. The maximum Gasteiger partial charge on any atom is 0.367 e. The van der Waals surface area contributed by atoms with Gasteiger partial charge in [-0.25, -0.2) is 9.78 Å². The fourth-order valence-electron chi connectivity index (χ4n) is 5.14. The first kappa shape index (κ1) is 22.9. The predicted molar refractivity (Wildman–Crippen MR) is 132 cm³/mol. The molecular weight excluding hydrogens is 448 g/mol. The van der Waals surface area contributed by atoms with Crippen LogP contribution in [-0.4, -0.2) is 53.0 Å². The lowest BCUT2D eigenvalue weighted by atomic mass is 9.84. The van der Waals surface area contributed by atoms with Gasteiger partial charge >= 0.3 is 5.97 Å². The number of carbonyl (C=O) groups is 2. The molecule has 0 radical (unpaired) electrons. The van der Waals surface area contributed by atoms with Crippen molar-refractivity contribution in [3.05, 3.63) is 57.7 Å². The van der Waals surface area contributed by atoms with E-state index in [-0.39, 0.29) is 17.9 Å². The van der Waals surface area contributed by atoms with Crippen molar-refractivity contribution >= 4 is 34.1 Å². The number of rotatable bonds is 6. The highest BCUT2D eigenvalue weighted by Gasteiger charge is 2.26. The molecule has 3 heterocycles. The first-order valence-electron chi connectivity index (χ1n) is 12.0. The number of fused-ring (bicyclic) bond motifs is 2. The summed E-state index contributed by atoms with van der Waals surface area (Å²) in [6.45, 7) is 2.88. The summed E-state index contributed by atoms with van der Waals surface area (Å²) in [7, 11) is 1.40. The standard InChI is InChI=1S/C26H30N4O3S/c1-33-26(32)25-29-22-16-30(15-12-23(22)34-25)14-11-17-7-9-18(10-8-17)28-24(31)20-4-2-6-21-19(20)5-3-13-27-21/h2-6,13,17-18H,7-12,14-16H2,1H3,(H,28,31). The molecular formula is C26H30N4O3S. The minimum Gasteiger partial charge on any atom is -0.464 e. The third kappa shape index (κ3) is 4.98. The third-order valence-corrected chi connectivity index (χ3v) is 8.23. The molecule has 1 N–H and O–H groups in total. The molecule has 0 atom stereocenters. The number of ether oxygens (including phenoxy) is 1. The summed E-state index contributed by atoms with van der Waals surface area (Å²) in [6, 6.07) is 9.78. The Morgan fingerprint density at radius 1 is 1.18 bits per heavy atom. The van der Waals surface area contributed by atoms with Gasteiger partial charge in [-0.3, -0.25) is 14.7 Å². The van der Waals surface area contributed by atoms with Crippen LogP contribution in [0.2, 0.25) is 0 Å². The molecule has 2 aliphatic rings. The van der Waals surface area contributed by atoms with Crippen LogP contribution >= 0.6 is 11.3 Å². The molecule has 8 heteroatoms. The smallest absolute Gasteiger partial charge is 0.367 e. The largest absolute Gasteiger partial charge is 0.464 e. The second kappa shape index (κ2) is 10.2. The Kier molecular flexibility index (Phi) is 6.87. The summed E-state index contributed by atoms with van der Waals surface area (Å²) >= 11 is 1.47. The summed E-state index contributed by atoms with van der Waals surface area (Å²) in [5, 5.41) is 4.63. The summed E-state index contributed by atoms with van der Waals surface area (Å²) in [5.74, 6) is 0.352. The maximum absolute atomic E-state index is 12.9. The summed E-state index contributed by atoms with van der Waals surface area (Å²) in [5.41, 5.74) is 2.59. The number of aromatic nitrogens is 2. The molecule has 5 rings (SSSR count). The number of methoxy groups -OCH3 is 1. The van der Waals surface area contributed by atoms with Crippen molar-refractivity contribution in [1.29, 1.82) is 0 Å². The average molecular weight is 479 g/mol. The number of benzene rings is 1. The molecule has 178 valence electrons. The van der Waals surface area contributed by atoms with E-state index in [9.17, 15) is 9.59 Å². The monoisotopic (exact) mass is 478 g/mol. The average Bonchev–Trinajstić information content (AvgIpc) is 3.31. The van der Waals surface area contributed by atoms with Gasteiger partial charge in [0.15, 0.2) is 0 Å². The van der Waals surface area contributed by atoms with Gasteiger partial charge in [0.1, 0.15) is 0 Å². The van der Waals surface area contributed by atoms with Crippen molar-refractivity contribution in [1.82, 2.24) is 20.2 Å². The number of esters is 1. The van der Waals surface area contributed by atoms with Gasteiger partial charge in [-0.15, -0.1) is 11.3 Å². The third-order valence-electron chi connectivity index (χ3n) is 7.09. The highest BCUT2D eigenvalue weighted by molar-refractivity contribution is 7.13. The molecule has 3 aromatic rings. The van der Waals surface area contributed by atoms with Crippen molar-refractivity contribution in [2.75, 3.05) is 20.2 Å². The van der Waals surface area contributed by atoms with Crippen molar-refractivity contribution in [2.24, 2.45) is 5.92 Å². The van der Waals surface area contributed by atoms with E-state index in [1.165, 1.54) is 29.7 Å². The van der Waals surface area contributed by atoms with Crippen LogP contribution in [0, 0.1) is 5.92 Å². The highest BCUT2D eigenvalue weighted by Crippen LogP contribution is 2.30. The van der Waals surface area contributed by atoms with Crippen LogP contribution in [0.3, 0.4) is 0 Å². The molecule has 1 saturated carbocycles. The van der Waals surface area contributed by atoms with Gasteiger partial charge in [0, 0.05) is 41.2 Å². The van der Waals surface area contributed by atoms with Crippen LogP contribution in [0.1, 0.15) is 62.8 Å². The Bertz CT molecular complexity index is 1180. The summed E-state index contributed by atoms with van der Waals surface area (Å²) in [4.78, 5) is 37.2. The van der Waals surface area contributed by atoms with Gasteiger partial charge in [-0.2, -0.15) is 0 Å². The van der Waals surface area contributed by atoms with Crippen molar-refractivity contribution in [2.45, 2.75) is 51.1 Å². The van der Waals surface area contributed by atoms with Crippen LogP contribution in [0.25, 0.3) is 10.9 Å². The summed E-state index contributed by atoms with van der Waals surface area (Å²) in [6.07, 6.45) is 8.21. The molecule has 1 aromatic carbocycles. The lowest BCUT2D eigenvalue weighted by molar-refractivity contribution is 0.0599. The number of pyridine rings is 1. The number of carbonyl (C=O) groups excluding carboxylic acids is 2. The predicted octanol–water partition coefficient (Wildman–Crippen LogP) is 4.21. The van der Waals surface area contributed by atoms with E-state index in [0.29, 0.717) is 16.5 Å². The highest BCUT2D eigenvalue weighted by atomic mass is 32.1. The fourth-order valence-corrected chi connectivity index (χ4v) is 6.12. The van der Waals surface area contributed by atoms with Gasteiger partial charge in [-0.05, 0) is 69.2 Å². The van der Waals surface area contributed by atoms with Gasteiger partial charge in [0.2, 0.25) is 5.01 Å². The van der Waals surface area contributed by atoms with E-state index in [1.54, 1.807) is 6.20 Å². The fraction of sp³-hybridized carbons (Fsp3) is 0.462. The Balaban J connectivity index is 1.09. The van der Waals surface area contributed by atoms with Crippen molar-refractivity contribution in [3.8, 4) is 0 Å². The van der Waals surface area contributed by atoms with E-state index in [2.05, 4.69) is 20.2 Å².